The van der Waals surface area contributed by atoms with Crippen LogP contribution in [-0.2, 0) is 0 Å². The summed E-state index contributed by atoms with van der Waals surface area (Å²) in [6.07, 6.45) is 2.77. The van der Waals surface area contributed by atoms with Crippen molar-refractivity contribution >= 4 is 25.2 Å². The second-order valence-electron chi connectivity index (χ2n) is 8.27. The van der Waals surface area contributed by atoms with E-state index >= 15 is 0 Å². The predicted octanol–water partition coefficient (Wildman–Crippen LogP) is 7.11. The lowest BCUT2D eigenvalue weighted by Crippen LogP contribution is -2.32. The van der Waals surface area contributed by atoms with Crippen LogP contribution in [0.3, 0.4) is 0 Å². The molecule has 0 amide bonds. The first-order valence-corrected chi connectivity index (χ1v) is 12.2. The summed E-state index contributed by atoms with van der Waals surface area (Å²) >= 11 is 0. The summed E-state index contributed by atoms with van der Waals surface area (Å²) in [7, 11) is 2.84. The molecule has 0 fully saturated rings. The molecule has 1 rings (SSSR count). The van der Waals surface area contributed by atoms with Crippen LogP contribution in [0.25, 0.3) is 0 Å². The second-order valence-corrected chi connectivity index (χ2v) is 12.5. The van der Waals surface area contributed by atoms with Gasteiger partial charge < -0.3 is 0 Å². The molecule has 5 unspecified atom stereocenters. The molecule has 0 bridgehead atoms. The van der Waals surface area contributed by atoms with Crippen molar-refractivity contribution in [3.63, 3.8) is 0 Å². The van der Waals surface area contributed by atoms with Crippen LogP contribution in [0.5, 0.6) is 0 Å². The van der Waals surface area contributed by atoms with Crippen molar-refractivity contribution in [3.8, 4) is 0 Å². The largest absolute Gasteiger partial charge is 0.125 e. The smallest absolute Gasteiger partial charge is 0.0158 e. The molecule has 0 radical (unpaired) electrons. The maximum absolute atomic E-state index is 2.49. The van der Waals surface area contributed by atoms with E-state index in [1.54, 1.807) is 4.86 Å². The van der Waals surface area contributed by atoms with Crippen molar-refractivity contribution in [3.05, 3.63) is 0 Å². The first kappa shape index (κ1) is 20.6. The minimum atomic E-state index is 0.557. The van der Waals surface area contributed by atoms with Crippen LogP contribution < -0.4 is 0 Å². The summed E-state index contributed by atoms with van der Waals surface area (Å²) < 4.78 is 0. The Bertz CT molecular complexity index is 362. The average Bonchev–Trinajstić information content (AvgIpc) is 2.46. The van der Waals surface area contributed by atoms with Crippen LogP contribution in [0.15, 0.2) is 0 Å². The first-order chi connectivity index (χ1) is 10.2. The summed E-state index contributed by atoms with van der Waals surface area (Å²) in [5.74, 6) is 6.44. The highest BCUT2D eigenvalue weighted by Gasteiger charge is 2.33. The van der Waals surface area contributed by atoms with Crippen LogP contribution >= 0.6 is 20.3 Å². The third-order valence-electron chi connectivity index (χ3n) is 5.98. The maximum atomic E-state index is 2.49. The Morgan fingerprint density at radius 2 is 1.55 bits per heavy atom. The summed E-state index contributed by atoms with van der Waals surface area (Å²) in [5.41, 5.74) is 0. The molecule has 5 atom stereocenters. The fourth-order valence-electron chi connectivity index (χ4n) is 3.80. The predicted molar refractivity (Wildman–Crippen MR) is 110 cm³/mol. The van der Waals surface area contributed by atoms with Crippen LogP contribution in [0, 0.1) is 35.5 Å². The zero-order chi connectivity index (χ0) is 17.0. The van der Waals surface area contributed by atoms with Gasteiger partial charge in [-0.1, -0.05) is 66.2 Å². The summed E-state index contributed by atoms with van der Waals surface area (Å²) in [6, 6.07) is 0. The standard InChI is InChI=1S/C20H40S2/c1-10-20-17(8)18(9)22(20)21-12-16(7)15(6)11-19(13(2)3)14(4)5/h13-17,19-20H,10-12H2,1-9H3. The van der Waals surface area contributed by atoms with Crippen molar-refractivity contribution in [2.75, 3.05) is 5.75 Å². The minimum absolute atomic E-state index is 0.557. The van der Waals surface area contributed by atoms with E-state index < -0.39 is 0 Å². The van der Waals surface area contributed by atoms with Gasteiger partial charge in [0.05, 0.1) is 0 Å². The van der Waals surface area contributed by atoms with Gasteiger partial charge in [-0.15, -0.1) is 9.52 Å². The Kier molecular flexibility index (Phi) is 8.58. The molecule has 1 aliphatic rings. The van der Waals surface area contributed by atoms with Gasteiger partial charge in [-0.05, 0) is 60.1 Å². The van der Waals surface area contributed by atoms with Crippen molar-refractivity contribution < 1.29 is 0 Å². The fourth-order valence-corrected chi connectivity index (χ4v) is 10.0. The van der Waals surface area contributed by atoms with E-state index in [2.05, 4.69) is 73.1 Å². The van der Waals surface area contributed by atoms with Crippen LogP contribution in [0.2, 0.25) is 0 Å². The summed E-state index contributed by atoms with van der Waals surface area (Å²) in [4.78, 5) is 1.78. The second kappa shape index (κ2) is 9.16. The van der Waals surface area contributed by atoms with E-state index in [0.29, 0.717) is 9.52 Å². The molecule has 1 aliphatic heterocycles. The lowest BCUT2D eigenvalue weighted by atomic mass is 9.77. The van der Waals surface area contributed by atoms with Crippen LogP contribution in [-0.4, -0.2) is 15.9 Å². The van der Waals surface area contributed by atoms with Gasteiger partial charge >= 0.3 is 0 Å². The topological polar surface area (TPSA) is 0 Å². The van der Waals surface area contributed by atoms with E-state index in [0.717, 1.165) is 40.8 Å². The molecule has 22 heavy (non-hydrogen) atoms. The summed E-state index contributed by atoms with van der Waals surface area (Å²) in [5, 5.41) is 0.964. The lowest BCUT2D eigenvalue weighted by molar-refractivity contribution is 0.211. The lowest BCUT2D eigenvalue weighted by Gasteiger charge is -2.39. The van der Waals surface area contributed by atoms with Gasteiger partial charge in [-0.3, -0.25) is 0 Å². The van der Waals surface area contributed by atoms with E-state index in [1.165, 1.54) is 18.6 Å². The molecule has 0 aliphatic carbocycles. The quantitative estimate of drug-likeness (QED) is 0.317. The van der Waals surface area contributed by atoms with Gasteiger partial charge in [-0.25, -0.2) is 0 Å². The molecule has 0 aromatic rings. The zero-order valence-corrected chi connectivity index (χ0v) is 18.1. The normalized spacial score (nSPS) is 28.4. The number of rotatable bonds is 9. The Morgan fingerprint density at radius 1 is 1.00 bits per heavy atom. The van der Waals surface area contributed by atoms with Crippen LogP contribution in [0.1, 0.15) is 75.2 Å². The minimum Gasteiger partial charge on any atom is -0.125 e. The highest BCUT2D eigenvalue weighted by molar-refractivity contribution is 8.84. The van der Waals surface area contributed by atoms with Gasteiger partial charge in [-0.2, -0.15) is 0 Å². The van der Waals surface area contributed by atoms with Crippen LogP contribution in [0.4, 0.5) is 0 Å². The highest BCUT2D eigenvalue weighted by Crippen LogP contribution is 2.52. The van der Waals surface area contributed by atoms with E-state index in [1.807, 2.05) is 0 Å². The van der Waals surface area contributed by atoms with E-state index in [9.17, 15) is 0 Å². The van der Waals surface area contributed by atoms with Crippen molar-refractivity contribution in [1.29, 1.82) is 0 Å². The van der Waals surface area contributed by atoms with E-state index in [4.69, 9.17) is 0 Å². The molecule has 0 aromatic carbocycles. The Balaban J connectivity index is 2.50. The van der Waals surface area contributed by atoms with Crippen molar-refractivity contribution in [2.45, 2.75) is 80.4 Å². The SMILES string of the molecule is CCC1C(C)C(C)=S1SCC(C)C(C)CC(C(C)C)C(C)C. The molecule has 0 saturated heterocycles. The van der Waals surface area contributed by atoms with Gasteiger partial charge in [0.1, 0.15) is 0 Å². The van der Waals surface area contributed by atoms with Crippen molar-refractivity contribution in [2.24, 2.45) is 35.5 Å². The first-order valence-electron chi connectivity index (χ1n) is 9.40. The molecular weight excluding hydrogens is 304 g/mol. The van der Waals surface area contributed by atoms with Gasteiger partial charge in [0.15, 0.2) is 0 Å². The van der Waals surface area contributed by atoms with Gasteiger partial charge in [0.25, 0.3) is 0 Å². The van der Waals surface area contributed by atoms with Crippen molar-refractivity contribution in [1.82, 2.24) is 0 Å². The van der Waals surface area contributed by atoms with Gasteiger partial charge in [0, 0.05) is 11.0 Å². The molecule has 0 saturated carbocycles. The number of hydrogen-bond donors (Lipinski definition) is 0. The Labute approximate surface area is 146 Å². The maximum Gasteiger partial charge on any atom is 0.0158 e. The molecule has 0 nitrogen and oxygen atoms in total. The third-order valence-corrected chi connectivity index (χ3v) is 11.9. The van der Waals surface area contributed by atoms with Gasteiger partial charge in [0.2, 0.25) is 0 Å². The zero-order valence-electron chi connectivity index (χ0n) is 16.5. The average molecular weight is 345 g/mol. The third kappa shape index (κ3) is 5.03. The Morgan fingerprint density at radius 3 is 2.00 bits per heavy atom. The summed E-state index contributed by atoms with van der Waals surface area (Å²) in [6.45, 7) is 21.8. The fraction of sp³-hybridized carbons (Fsp3) is 0.950. The molecule has 0 spiro atoms. The molecule has 0 aromatic heterocycles. The molecular formula is C20H40S2. The Hall–Kier alpha value is 0.570. The molecule has 0 N–H and O–H groups in total. The highest BCUT2D eigenvalue weighted by atomic mass is 33.1. The monoisotopic (exact) mass is 344 g/mol. The molecule has 132 valence electrons. The molecule has 1 heterocycles. The number of hydrogen-bond acceptors (Lipinski definition) is 1. The van der Waals surface area contributed by atoms with E-state index in [-0.39, 0.29) is 0 Å². The molecule has 2 heteroatoms.